The van der Waals surface area contributed by atoms with Crippen LogP contribution < -0.4 is 11.1 Å². The van der Waals surface area contributed by atoms with Crippen LogP contribution in [-0.4, -0.2) is 22.6 Å². The molecule has 1 aromatic heterocycles. The van der Waals surface area contributed by atoms with Gasteiger partial charge in [-0.3, -0.25) is 9.89 Å². The van der Waals surface area contributed by atoms with Crippen molar-refractivity contribution >= 4 is 11.7 Å². The Morgan fingerprint density at radius 1 is 1.73 bits per heavy atom. The lowest BCUT2D eigenvalue weighted by Gasteiger charge is -2.12. The van der Waals surface area contributed by atoms with Crippen LogP contribution in [0.2, 0.25) is 0 Å². The molecule has 0 unspecified atom stereocenters. The number of hydrogen-bond acceptors (Lipinski definition) is 3. The lowest BCUT2D eigenvalue weighted by Crippen LogP contribution is -2.30. The van der Waals surface area contributed by atoms with Crippen LogP contribution in [0.1, 0.15) is 36.5 Å². The van der Waals surface area contributed by atoms with E-state index in [1.54, 1.807) is 0 Å². The maximum Gasteiger partial charge on any atom is 0.256 e. The highest BCUT2D eigenvalue weighted by molar-refractivity contribution is 5.98. The number of carbonyl (C=O) groups excluding carboxylic acids is 1. The molecular formula is C10H16N4O. The number of nitrogens with zero attached hydrogens (tertiary/aromatic N) is 1. The summed E-state index contributed by atoms with van der Waals surface area (Å²) in [7, 11) is 0. The van der Waals surface area contributed by atoms with E-state index in [9.17, 15) is 4.79 Å². The Balaban J connectivity index is 1.91. The highest BCUT2D eigenvalue weighted by Crippen LogP contribution is 2.47. The number of hydrogen-bond donors (Lipinski definition) is 3. The van der Waals surface area contributed by atoms with Crippen molar-refractivity contribution in [1.82, 2.24) is 15.5 Å². The predicted octanol–water partition coefficient (Wildman–Crippen LogP) is 0.912. The minimum absolute atomic E-state index is 0.138. The van der Waals surface area contributed by atoms with E-state index in [0.717, 1.165) is 13.0 Å². The molecule has 0 spiro atoms. The predicted molar refractivity (Wildman–Crippen MR) is 57.3 cm³/mol. The van der Waals surface area contributed by atoms with Crippen LogP contribution in [0.5, 0.6) is 0 Å². The molecule has 0 bridgehead atoms. The van der Waals surface area contributed by atoms with E-state index in [1.165, 1.54) is 19.0 Å². The first-order chi connectivity index (χ1) is 7.17. The van der Waals surface area contributed by atoms with Crippen molar-refractivity contribution in [3.63, 3.8) is 0 Å². The molecule has 15 heavy (non-hydrogen) atoms. The molecule has 5 nitrogen and oxygen atoms in total. The number of amides is 1. The number of H-pyrrole nitrogens is 1. The first kappa shape index (κ1) is 10.0. The second-order valence-electron chi connectivity index (χ2n) is 4.23. The molecule has 1 amide bonds. The first-order valence-electron chi connectivity index (χ1n) is 5.24. The van der Waals surface area contributed by atoms with Gasteiger partial charge in [0.25, 0.3) is 5.91 Å². The summed E-state index contributed by atoms with van der Waals surface area (Å²) in [6.45, 7) is 2.90. The van der Waals surface area contributed by atoms with Crippen LogP contribution in [0.4, 0.5) is 5.82 Å². The standard InChI is InChI=1S/C10H16N4O/c1-2-10(3-4-10)6-12-9(15)7-5-13-14-8(7)11/h5H,2-4,6H2,1H3,(H,12,15)(H3,11,13,14). The molecule has 1 aliphatic rings. The van der Waals surface area contributed by atoms with Gasteiger partial charge < -0.3 is 11.1 Å². The zero-order valence-electron chi connectivity index (χ0n) is 8.84. The topological polar surface area (TPSA) is 83.8 Å². The summed E-state index contributed by atoms with van der Waals surface area (Å²) in [6.07, 6.45) is 5.00. The summed E-state index contributed by atoms with van der Waals surface area (Å²) < 4.78 is 0. The largest absolute Gasteiger partial charge is 0.383 e. The second-order valence-corrected chi connectivity index (χ2v) is 4.23. The smallest absolute Gasteiger partial charge is 0.256 e. The molecule has 0 aromatic carbocycles. The Morgan fingerprint density at radius 2 is 2.47 bits per heavy atom. The van der Waals surface area contributed by atoms with Crippen LogP contribution in [0, 0.1) is 5.41 Å². The minimum Gasteiger partial charge on any atom is -0.383 e. The Morgan fingerprint density at radius 3 is 2.93 bits per heavy atom. The quantitative estimate of drug-likeness (QED) is 0.687. The molecule has 1 fully saturated rings. The fraction of sp³-hybridized carbons (Fsp3) is 0.600. The molecule has 1 aliphatic carbocycles. The monoisotopic (exact) mass is 208 g/mol. The fourth-order valence-electron chi connectivity index (χ4n) is 1.67. The maximum atomic E-state index is 11.7. The molecule has 2 rings (SSSR count). The lowest BCUT2D eigenvalue weighted by molar-refractivity contribution is 0.0945. The van der Waals surface area contributed by atoms with Gasteiger partial charge in [-0.1, -0.05) is 6.92 Å². The van der Waals surface area contributed by atoms with Crippen molar-refractivity contribution in [3.8, 4) is 0 Å². The van der Waals surface area contributed by atoms with Gasteiger partial charge in [-0.05, 0) is 24.7 Å². The number of aromatic amines is 1. The lowest BCUT2D eigenvalue weighted by atomic mass is 10.0. The fourth-order valence-corrected chi connectivity index (χ4v) is 1.67. The van der Waals surface area contributed by atoms with Crippen molar-refractivity contribution in [1.29, 1.82) is 0 Å². The third-order valence-electron chi connectivity index (χ3n) is 3.24. The highest BCUT2D eigenvalue weighted by atomic mass is 16.1. The third-order valence-corrected chi connectivity index (χ3v) is 3.24. The summed E-state index contributed by atoms with van der Waals surface area (Å²) in [6, 6.07) is 0. The molecule has 1 saturated carbocycles. The van der Waals surface area contributed by atoms with Gasteiger partial charge in [0, 0.05) is 6.54 Å². The number of nitrogens with two attached hydrogens (primary N) is 1. The average molecular weight is 208 g/mol. The van der Waals surface area contributed by atoms with Crippen molar-refractivity contribution < 1.29 is 4.79 Å². The van der Waals surface area contributed by atoms with Crippen LogP contribution >= 0.6 is 0 Å². The Labute approximate surface area is 88.4 Å². The van der Waals surface area contributed by atoms with E-state index >= 15 is 0 Å². The minimum atomic E-state index is -0.138. The first-order valence-corrected chi connectivity index (χ1v) is 5.24. The number of aromatic nitrogens is 2. The molecule has 0 atom stereocenters. The number of rotatable bonds is 4. The van der Waals surface area contributed by atoms with Crippen LogP contribution in [0.3, 0.4) is 0 Å². The van der Waals surface area contributed by atoms with Gasteiger partial charge in [0.2, 0.25) is 0 Å². The zero-order valence-corrected chi connectivity index (χ0v) is 8.84. The van der Waals surface area contributed by atoms with Crippen LogP contribution in [-0.2, 0) is 0 Å². The highest BCUT2D eigenvalue weighted by Gasteiger charge is 2.40. The Kier molecular flexibility index (Phi) is 2.38. The van der Waals surface area contributed by atoms with Gasteiger partial charge in [-0.25, -0.2) is 0 Å². The van der Waals surface area contributed by atoms with Gasteiger partial charge in [-0.2, -0.15) is 5.10 Å². The summed E-state index contributed by atoms with van der Waals surface area (Å²) in [5.74, 6) is 0.190. The van der Waals surface area contributed by atoms with E-state index in [4.69, 9.17) is 5.73 Å². The molecule has 5 heteroatoms. The molecule has 0 aliphatic heterocycles. The SMILES string of the molecule is CCC1(CNC(=O)c2cn[nH]c2N)CC1. The van der Waals surface area contributed by atoms with E-state index < -0.39 is 0 Å². The van der Waals surface area contributed by atoms with E-state index in [0.29, 0.717) is 16.8 Å². The van der Waals surface area contributed by atoms with Gasteiger partial charge in [-0.15, -0.1) is 0 Å². The second kappa shape index (κ2) is 3.56. The number of nitrogen functional groups attached to an aromatic ring is 1. The van der Waals surface area contributed by atoms with Crippen LogP contribution in [0.15, 0.2) is 6.20 Å². The summed E-state index contributed by atoms with van der Waals surface area (Å²) in [4.78, 5) is 11.7. The molecule has 1 heterocycles. The van der Waals surface area contributed by atoms with Crippen molar-refractivity contribution in [2.75, 3.05) is 12.3 Å². The molecule has 82 valence electrons. The summed E-state index contributed by atoms with van der Waals surface area (Å²) in [5.41, 5.74) is 6.34. The van der Waals surface area contributed by atoms with E-state index in [1.807, 2.05) is 0 Å². The number of carbonyl (C=O) groups is 1. The molecular weight excluding hydrogens is 192 g/mol. The average Bonchev–Trinajstić information content (AvgIpc) is 2.91. The molecule has 0 radical (unpaired) electrons. The number of anilines is 1. The van der Waals surface area contributed by atoms with Crippen molar-refractivity contribution in [2.45, 2.75) is 26.2 Å². The van der Waals surface area contributed by atoms with E-state index in [-0.39, 0.29) is 5.91 Å². The normalized spacial score (nSPS) is 17.4. The van der Waals surface area contributed by atoms with Gasteiger partial charge >= 0.3 is 0 Å². The molecule has 0 saturated heterocycles. The number of nitrogens with one attached hydrogen (secondary N) is 2. The Bertz CT molecular complexity index is 367. The van der Waals surface area contributed by atoms with E-state index in [2.05, 4.69) is 22.4 Å². The zero-order chi connectivity index (χ0) is 10.9. The summed E-state index contributed by atoms with van der Waals surface area (Å²) in [5, 5.41) is 9.16. The van der Waals surface area contributed by atoms with Gasteiger partial charge in [0.1, 0.15) is 11.4 Å². The van der Waals surface area contributed by atoms with Crippen LogP contribution in [0.25, 0.3) is 0 Å². The van der Waals surface area contributed by atoms with Gasteiger partial charge in [0.05, 0.1) is 6.20 Å². The summed E-state index contributed by atoms with van der Waals surface area (Å²) >= 11 is 0. The van der Waals surface area contributed by atoms with Gasteiger partial charge in [0.15, 0.2) is 0 Å². The van der Waals surface area contributed by atoms with Crippen molar-refractivity contribution in [2.24, 2.45) is 5.41 Å². The molecule has 4 N–H and O–H groups in total. The third kappa shape index (κ3) is 1.95. The maximum absolute atomic E-state index is 11.7. The van der Waals surface area contributed by atoms with Crippen molar-refractivity contribution in [3.05, 3.63) is 11.8 Å². The Hall–Kier alpha value is -1.52. The molecule has 1 aromatic rings.